The molecule has 2 atom stereocenters. The standard InChI is InChI=1S/C16H15BrClF2N3OS/c1-7(19)9(21)4-11-14(17)15-16(24-11)10(5-12(18)23-15)22-6-8-2-3-13(20)25-8/h2-3,5,7,9H,4,6,21H2,1H3,(H,22,23)/t7-,9+/m0/s1. The summed E-state index contributed by atoms with van der Waals surface area (Å²) >= 11 is 10.6. The van der Waals surface area contributed by atoms with E-state index in [9.17, 15) is 8.78 Å². The number of thiophene rings is 1. The van der Waals surface area contributed by atoms with Gasteiger partial charge in [-0.1, -0.05) is 11.6 Å². The van der Waals surface area contributed by atoms with Crippen LogP contribution in [0.15, 0.2) is 27.1 Å². The fourth-order valence-corrected chi connectivity index (χ4v) is 3.69. The van der Waals surface area contributed by atoms with E-state index in [4.69, 9.17) is 21.8 Å². The van der Waals surface area contributed by atoms with Gasteiger partial charge in [0.1, 0.15) is 22.6 Å². The van der Waals surface area contributed by atoms with Gasteiger partial charge >= 0.3 is 0 Å². The highest BCUT2D eigenvalue weighted by molar-refractivity contribution is 9.10. The molecule has 0 fully saturated rings. The molecule has 3 aromatic heterocycles. The van der Waals surface area contributed by atoms with Crippen LogP contribution >= 0.6 is 38.9 Å². The largest absolute Gasteiger partial charge is 0.456 e. The van der Waals surface area contributed by atoms with E-state index in [1.54, 1.807) is 12.1 Å². The first-order valence-corrected chi connectivity index (χ1v) is 9.49. The number of nitrogens with one attached hydrogen (secondary N) is 1. The van der Waals surface area contributed by atoms with Gasteiger partial charge in [-0.05, 0) is 35.0 Å². The molecule has 0 amide bonds. The number of fused-ring (bicyclic) bond motifs is 1. The van der Waals surface area contributed by atoms with Crippen molar-refractivity contribution in [2.45, 2.75) is 32.1 Å². The highest BCUT2D eigenvalue weighted by Gasteiger charge is 2.21. The van der Waals surface area contributed by atoms with Gasteiger partial charge in [0.2, 0.25) is 0 Å². The third-order valence-corrected chi connectivity index (χ3v) is 5.60. The Morgan fingerprint density at radius 2 is 2.24 bits per heavy atom. The highest BCUT2D eigenvalue weighted by Crippen LogP contribution is 2.36. The quantitative estimate of drug-likeness (QED) is 0.501. The third kappa shape index (κ3) is 4.13. The van der Waals surface area contributed by atoms with E-state index in [1.807, 2.05) is 0 Å². The molecule has 25 heavy (non-hydrogen) atoms. The molecule has 4 nitrogen and oxygen atoms in total. The summed E-state index contributed by atoms with van der Waals surface area (Å²) in [6.07, 6.45) is -0.940. The monoisotopic (exact) mass is 449 g/mol. The lowest BCUT2D eigenvalue weighted by atomic mass is 10.1. The van der Waals surface area contributed by atoms with Crippen LogP contribution in [0.5, 0.6) is 0 Å². The Balaban J connectivity index is 1.92. The number of nitrogens with two attached hydrogens (primary N) is 1. The zero-order chi connectivity index (χ0) is 18.1. The zero-order valence-corrected chi connectivity index (χ0v) is 16.3. The third-order valence-electron chi connectivity index (χ3n) is 3.71. The van der Waals surface area contributed by atoms with Gasteiger partial charge in [0.15, 0.2) is 10.7 Å². The van der Waals surface area contributed by atoms with Crippen LogP contribution in [0.1, 0.15) is 17.6 Å². The van der Waals surface area contributed by atoms with E-state index < -0.39 is 12.2 Å². The maximum Gasteiger partial charge on any atom is 0.177 e. The molecular weight excluding hydrogens is 436 g/mol. The number of hydrogen-bond acceptors (Lipinski definition) is 5. The summed E-state index contributed by atoms with van der Waals surface area (Å²) in [5.41, 5.74) is 7.43. The van der Waals surface area contributed by atoms with Crippen LogP contribution in [-0.4, -0.2) is 17.2 Å². The normalized spacial score (nSPS) is 14.0. The summed E-state index contributed by atoms with van der Waals surface area (Å²) < 4.78 is 32.9. The summed E-state index contributed by atoms with van der Waals surface area (Å²) in [6.45, 7) is 1.82. The van der Waals surface area contributed by atoms with Crippen molar-refractivity contribution in [3.63, 3.8) is 0 Å². The molecule has 3 rings (SSSR count). The van der Waals surface area contributed by atoms with E-state index in [1.165, 1.54) is 13.0 Å². The minimum absolute atomic E-state index is 0.224. The molecule has 0 spiro atoms. The first-order valence-electron chi connectivity index (χ1n) is 7.50. The molecule has 3 N–H and O–H groups in total. The van der Waals surface area contributed by atoms with Crippen LogP contribution in [0.4, 0.5) is 14.5 Å². The maximum absolute atomic E-state index is 13.4. The number of halogens is 4. The molecule has 0 aliphatic rings. The number of hydrogen-bond donors (Lipinski definition) is 2. The van der Waals surface area contributed by atoms with Crippen molar-refractivity contribution < 1.29 is 13.2 Å². The fraction of sp³-hybridized carbons (Fsp3) is 0.312. The van der Waals surface area contributed by atoms with Crippen molar-refractivity contribution in [2.75, 3.05) is 5.32 Å². The van der Waals surface area contributed by atoms with Gasteiger partial charge in [-0.15, -0.1) is 11.3 Å². The number of rotatable bonds is 6. The first kappa shape index (κ1) is 18.6. The zero-order valence-electron chi connectivity index (χ0n) is 13.2. The lowest BCUT2D eigenvalue weighted by Gasteiger charge is -2.10. The number of nitrogens with zero attached hydrogens (tertiary/aromatic N) is 1. The molecule has 0 saturated carbocycles. The predicted molar refractivity (Wildman–Crippen MR) is 101 cm³/mol. The van der Waals surface area contributed by atoms with Crippen LogP contribution in [0.2, 0.25) is 5.15 Å². The lowest BCUT2D eigenvalue weighted by molar-refractivity contribution is 0.295. The first-order chi connectivity index (χ1) is 11.8. The number of alkyl halides is 1. The smallest absolute Gasteiger partial charge is 0.177 e. The molecule has 0 aliphatic heterocycles. The van der Waals surface area contributed by atoms with Gasteiger partial charge in [-0.3, -0.25) is 0 Å². The Hall–Kier alpha value is -1.22. The van der Waals surface area contributed by atoms with Crippen LogP contribution in [0.25, 0.3) is 11.1 Å². The Kier molecular flexibility index (Phi) is 5.62. The Morgan fingerprint density at radius 3 is 2.88 bits per heavy atom. The molecule has 0 saturated heterocycles. The Bertz CT molecular complexity index is 899. The second kappa shape index (κ2) is 7.57. The van der Waals surface area contributed by atoms with Gasteiger partial charge in [0.25, 0.3) is 0 Å². The van der Waals surface area contributed by atoms with E-state index in [0.717, 1.165) is 16.2 Å². The second-order valence-corrected chi connectivity index (χ2v) is 7.91. The fourth-order valence-electron chi connectivity index (χ4n) is 2.32. The minimum atomic E-state index is -1.16. The van der Waals surface area contributed by atoms with Crippen LogP contribution < -0.4 is 11.1 Å². The van der Waals surface area contributed by atoms with Crippen LogP contribution in [-0.2, 0) is 13.0 Å². The summed E-state index contributed by atoms with van der Waals surface area (Å²) in [4.78, 5) is 5.09. The number of furan rings is 1. The maximum atomic E-state index is 13.4. The van der Waals surface area contributed by atoms with Crippen LogP contribution in [0.3, 0.4) is 0 Å². The van der Waals surface area contributed by atoms with Gasteiger partial charge in [0.05, 0.1) is 10.2 Å². The lowest BCUT2D eigenvalue weighted by Crippen LogP contribution is -2.31. The second-order valence-electron chi connectivity index (χ2n) is 5.61. The summed E-state index contributed by atoms with van der Waals surface area (Å²) in [5.74, 6) is 0.506. The summed E-state index contributed by atoms with van der Waals surface area (Å²) in [5, 5.41) is 3.21. The predicted octanol–water partition coefficient (Wildman–Crippen LogP) is 5.28. The van der Waals surface area contributed by atoms with Crippen molar-refractivity contribution in [3.05, 3.63) is 43.6 Å². The number of pyridine rings is 1. The van der Waals surface area contributed by atoms with Crippen molar-refractivity contribution >= 4 is 55.7 Å². The van der Waals surface area contributed by atoms with Crippen molar-refractivity contribution in [3.8, 4) is 0 Å². The average Bonchev–Trinajstić information content (AvgIpc) is 3.10. The van der Waals surface area contributed by atoms with Gasteiger partial charge in [0, 0.05) is 30.0 Å². The minimum Gasteiger partial charge on any atom is -0.456 e. The Labute approximate surface area is 160 Å². The van der Waals surface area contributed by atoms with Crippen LogP contribution in [0, 0.1) is 5.13 Å². The van der Waals surface area contributed by atoms with E-state index in [-0.39, 0.29) is 16.7 Å². The molecular formula is C16H15BrClF2N3OS. The summed E-state index contributed by atoms with van der Waals surface area (Å²) in [7, 11) is 0. The molecule has 9 heteroatoms. The van der Waals surface area contributed by atoms with Gasteiger partial charge in [-0.2, -0.15) is 4.39 Å². The molecule has 134 valence electrons. The highest BCUT2D eigenvalue weighted by atomic mass is 79.9. The molecule has 0 aromatic carbocycles. The topological polar surface area (TPSA) is 64.1 Å². The van der Waals surface area contributed by atoms with Gasteiger partial charge < -0.3 is 15.5 Å². The number of aromatic nitrogens is 1. The average molecular weight is 451 g/mol. The Morgan fingerprint density at radius 1 is 1.48 bits per heavy atom. The van der Waals surface area contributed by atoms with Crippen molar-refractivity contribution in [1.82, 2.24) is 4.98 Å². The molecule has 0 unspecified atom stereocenters. The SMILES string of the molecule is C[C@H](F)[C@H](N)Cc1oc2c(NCc3ccc(F)s3)cc(Cl)nc2c1Br. The molecule has 0 bridgehead atoms. The molecule has 3 aromatic rings. The summed E-state index contributed by atoms with van der Waals surface area (Å²) in [6, 6.07) is 4.07. The van der Waals surface area contributed by atoms with E-state index in [0.29, 0.717) is 33.6 Å². The van der Waals surface area contributed by atoms with Gasteiger partial charge in [-0.25, -0.2) is 9.37 Å². The van der Waals surface area contributed by atoms with E-state index in [2.05, 4.69) is 26.2 Å². The molecule has 3 heterocycles. The molecule has 0 aliphatic carbocycles. The van der Waals surface area contributed by atoms with Crippen molar-refractivity contribution in [1.29, 1.82) is 0 Å². The van der Waals surface area contributed by atoms with Crippen molar-refractivity contribution in [2.24, 2.45) is 5.73 Å². The molecule has 0 radical (unpaired) electrons. The number of anilines is 1. The van der Waals surface area contributed by atoms with E-state index >= 15 is 0 Å².